The third-order valence-electron chi connectivity index (χ3n) is 3.79. The lowest BCUT2D eigenvalue weighted by Crippen LogP contribution is -2.20. The Morgan fingerprint density at radius 3 is 2.59 bits per heavy atom. The molecule has 3 rings (SSSR count). The fourth-order valence-corrected chi connectivity index (χ4v) is 2.91. The van der Waals surface area contributed by atoms with Crippen molar-refractivity contribution in [2.45, 2.75) is 6.54 Å². The SMILES string of the molecule is COc1ccc(OC)c(NC(=S)Nc2nn(Cc3ccccc3)cc2Cl)c1. The normalized spacial score (nSPS) is 10.3. The van der Waals surface area contributed by atoms with E-state index in [4.69, 9.17) is 33.3 Å². The molecule has 0 atom stereocenters. The second kappa shape index (κ2) is 8.75. The number of aromatic nitrogens is 2. The molecule has 2 N–H and O–H groups in total. The summed E-state index contributed by atoms with van der Waals surface area (Å²) >= 11 is 11.7. The topological polar surface area (TPSA) is 60.3 Å². The molecule has 0 spiro atoms. The molecule has 27 heavy (non-hydrogen) atoms. The lowest BCUT2D eigenvalue weighted by Gasteiger charge is -2.13. The number of ether oxygens (including phenoxy) is 2. The van der Waals surface area contributed by atoms with Gasteiger partial charge in [0.2, 0.25) is 0 Å². The first-order valence-corrected chi connectivity index (χ1v) is 8.94. The van der Waals surface area contributed by atoms with Crippen LogP contribution in [0, 0.1) is 0 Å². The van der Waals surface area contributed by atoms with Gasteiger partial charge in [-0.25, -0.2) is 0 Å². The van der Waals surface area contributed by atoms with Gasteiger partial charge in [0.1, 0.15) is 16.5 Å². The average molecular weight is 403 g/mol. The smallest absolute Gasteiger partial charge is 0.176 e. The van der Waals surface area contributed by atoms with E-state index in [-0.39, 0.29) is 0 Å². The minimum absolute atomic E-state index is 0.341. The molecule has 8 heteroatoms. The lowest BCUT2D eigenvalue weighted by atomic mass is 10.2. The zero-order valence-electron chi connectivity index (χ0n) is 14.9. The van der Waals surface area contributed by atoms with E-state index in [0.717, 1.165) is 5.56 Å². The van der Waals surface area contributed by atoms with Gasteiger partial charge in [0.25, 0.3) is 0 Å². The Kier molecular flexibility index (Phi) is 6.16. The van der Waals surface area contributed by atoms with Gasteiger partial charge < -0.3 is 20.1 Å². The Hall–Kier alpha value is -2.77. The Morgan fingerprint density at radius 2 is 1.89 bits per heavy atom. The fourth-order valence-electron chi connectivity index (χ4n) is 2.51. The van der Waals surface area contributed by atoms with Crippen LogP contribution in [0.1, 0.15) is 5.56 Å². The third kappa shape index (κ3) is 4.90. The summed E-state index contributed by atoms with van der Waals surface area (Å²) in [5.74, 6) is 1.80. The van der Waals surface area contributed by atoms with E-state index in [9.17, 15) is 0 Å². The molecule has 1 heterocycles. The maximum Gasteiger partial charge on any atom is 0.176 e. The molecule has 0 radical (unpaired) electrons. The van der Waals surface area contributed by atoms with Crippen molar-refractivity contribution in [1.29, 1.82) is 0 Å². The van der Waals surface area contributed by atoms with E-state index < -0.39 is 0 Å². The van der Waals surface area contributed by atoms with Crippen LogP contribution in [0.15, 0.2) is 54.7 Å². The molecule has 0 aliphatic rings. The van der Waals surface area contributed by atoms with Crippen LogP contribution in [-0.4, -0.2) is 29.1 Å². The minimum atomic E-state index is 0.341. The first-order chi connectivity index (χ1) is 13.1. The van der Waals surface area contributed by atoms with Gasteiger partial charge in [0, 0.05) is 12.3 Å². The van der Waals surface area contributed by atoms with Gasteiger partial charge in [-0.05, 0) is 29.9 Å². The van der Waals surface area contributed by atoms with Crippen LogP contribution < -0.4 is 20.1 Å². The maximum absolute atomic E-state index is 6.29. The van der Waals surface area contributed by atoms with E-state index in [0.29, 0.717) is 39.7 Å². The molecule has 140 valence electrons. The van der Waals surface area contributed by atoms with Crippen LogP contribution in [0.25, 0.3) is 0 Å². The summed E-state index contributed by atoms with van der Waals surface area (Å²) < 4.78 is 12.3. The van der Waals surface area contributed by atoms with E-state index in [1.807, 2.05) is 36.4 Å². The Balaban J connectivity index is 1.69. The summed E-state index contributed by atoms with van der Waals surface area (Å²) in [5, 5.41) is 11.4. The molecular weight excluding hydrogens is 384 g/mol. The van der Waals surface area contributed by atoms with E-state index in [1.54, 1.807) is 37.2 Å². The molecule has 1 aromatic heterocycles. The molecule has 0 unspecified atom stereocenters. The number of anilines is 2. The average Bonchev–Trinajstić information content (AvgIpc) is 3.01. The molecule has 0 bridgehead atoms. The summed E-state index contributed by atoms with van der Waals surface area (Å²) in [5.41, 5.74) is 1.80. The molecule has 6 nitrogen and oxygen atoms in total. The van der Waals surface area contributed by atoms with Gasteiger partial charge >= 0.3 is 0 Å². The quantitative estimate of drug-likeness (QED) is 0.595. The molecule has 0 fully saturated rings. The molecule has 0 aliphatic carbocycles. The highest BCUT2D eigenvalue weighted by atomic mass is 35.5. The molecule has 3 aromatic rings. The van der Waals surface area contributed by atoms with Gasteiger partial charge in [-0.15, -0.1) is 0 Å². The number of nitrogens with zero attached hydrogens (tertiary/aromatic N) is 2. The predicted molar refractivity (Wildman–Crippen MR) is 112 cm³/mol. The van der Waals surface area contributed by atoms with Crippen molar-refractivity contribution in [1.82, 2.24) is 9.78 Å². The molecular formula is C19H19ClN4O2S. The first-order valence-electron chi connectivity index (χ1n) is 8.16. The van der Waals surface area contributed by atoms with Gasteiger partial charge in [0.15, 0.2) is 10.9 Å². The molecule has 0 saturated heterocycles. The van der Waals surface area contributed by atoms with Crippen molar-refractivity contribution < 1.29 is 9.47 Å². The Bertz CT molecular complexity index is 931. The summed E-state index contributed by atoms with van der Waals surface area (Å²) in [6, 6.07) is 15.4. The van der Waals surface area contributed by atoms with Crippen LogP contribution >= 0.6 is 23.8 Å². The first kappa shape index (κ1) is 19.0. The van der Waals surface area contributed by atoms with Crippen molar-refractivity contribution in [2.75, 3.05) is 24.9 Å². The Labute approximate surface area is 168 Å². The van der Waals surface area contributed by atoms with Gasteiger partial charge in [-0.3, -0.25) is 4.68 Å². The second-order valence-corrected chi connectivity index (χ2v) is 6.47. The summed E-state index contributed by atoms with van der Waals surface area (Å²) in [7, 11) is 3.19. The summed E-state index contributed by atoms with van der Waals surface area (Å²) in [4.78, 5) is 0. The van der Waals surface area contributed by atoms with E-state index >= 15 is 0 Å². The zero-order chi connectivity index (χ0) is 19.2. The van der Waals surface area contributed by atoms with Crippen LogP contribution in [0.5, 0.6) is 11.5 Å². The van der Waals surface area contributed by atoms with Crippen LogP contribution in [0.3, 0.4) is 0 Å². The van der Waals surface area contributed by atoms with Crippen LogP contribution in [0.4, 0.5) is 11.5 Å². The molecule has 0 amide bonds. The van der Waals surface area contributed by atoms with Crippen molar-refractivity contribution in [2.24, 2.45) is 0 Å². The molecule has 0 aliphatic heterocycles. The lowest BCUT2D eigenvalue weighted by molar-refractivity contribution is 0.405. The number of methoxy groups -OCH3 is 2. The number of benzene rings is 2. The van der Waals surface area contributed by atoms with Crippen molar-refractivity contribution in [3.8, 4) is 11.5 Å². The number of halogens is 1. The number of hydrogen-bond acceptors (Lipinski definition) is 4. The van der Waals surface area contributed by atoms with Crippen molar-refractivity contribution in [3.05, 3.63) is 65.3 Å². The minimum Gasteiger partial charge on any atom is -0.497 e. The van der Waals surface area contributed by atoms with Gasteiger partial charge in [0.05, 0.1) is 26.5 Å². The second-order valence-electron chi connectivity index (χ2n) is 5.65. The zero-order valence-corrected chi connectivity index (χ0v) is 16.5. The van der Waals surface area contributed by atoms with Crippen LogP contribution in [-0.2, 0) is 6.54 Å². The highest BCUT2D eigenvalue weighted by Crippen LogP contribution is 2.29. The van der Waals surface area contributed by atoms with E-state index in [1.165, 1.54) is 0 Å². The number of thiocarbonyl (C=S) groups is 1. The maximum atomic E-state index is 6.29. The van der Waals surface area contributed by atoms with Crippen molar-refractivity contribution >= 4 is 40.4 Å². The fraction of sp³-hybridized carbons (Fsp3) is 0.158. The molecule has 0 saturated carbocycles. The monoisotopic (exact) mass is 402 g/mol. The van der Waals surface area contributed by atoms with Crippen LogP contribution in [0.2, 0.25) is 5.02 Å². The summed E-state index contributed by atoms with van der Waals surface area (Å²) in [6.07, 6.45) is 1.76. The van der Waals surface area contributed by atoms with Crippen molar-refractivity contribution in [3.63, 3.8) is 0 Å². The number of nitrogens with one attached hydrogen (secondary N) is 2. The highest BCUT2D eigenvalue weighted by Gasteiger charge is 2.11. The number of hydrogen-bond donors (Lipinski definition) is 2. The van der Waals surface area contributed by atoms with E-state index in [2.05, 4.69) is 15.7 Å². The largest absolute Gasteiger partial charge is 0.497 e. The highest BCUT2D eigenvalue weighted by molar-refractivity contribution is 7.80. The standard InChI is InChI=1S/C19H19ClN4O2S/c1-25-14-8-9-17(26-2)16(10-14)21-19(27)22-18-15(20)12-24(23-18)11-13-6-4-3-5-7-13/h3-10,12H,11H2,1-2H3,(H2,21,22,23,27). The predicted octanol–water partition coefficient (Wildman–Crippen LogP) is 4.41. The molecule has 2 aromatic carbocycles. The summed E-state index contributed by atoms with van der Waals surface area (Å²) in [6.45, 7) is 0.617. The Morgan fingerprint density at radius 1 is 1.11 bits per heavy atom. The van der Waals surface area contributed by atoms with Gasteiger partial charge in [-0.2, -0.15) is 5.10 Å². The van der Waals surface area contributed by atoms with Gasteiger partial charge in [-0.1, -0.05) is 41.9 Å². The number of rotatable bonds is 6. The third-order valence-corrected chi connectivity index (χ3v) is 4.27.